The van der Waals surface area contributed by atoms with Crippen molar-refractivity contribution in [2.75, 3.05) is 0 Å². The maximum absolute atomic E-state index is 9.66. The Kier molecular flexibility index (Phi) is 1.74. The molecule has 4 rings (SSSR count). The second-order valence-electron chi connectivity index (χ2n) is 4.78. The second kappa shape index (κ2) is 5.02. The highest BCUT2D eigenvalue weighted by Crippen LogP contribution is 2.31. The summed E-state index contributed by atoms with van der Waals surface area (Å²) in [5.41, 5.74) is 0.102. The van der Waals surface area contributed by atoms with Crippen LogP contribution in [0.15, 0.2) is 72.6 Å². The Bertz CT molecular complexity index is 1310. The highest BCUT2D eigenvalue weighted by atomic mass is 16.4. The number of aromatic nitrogens is 1. The normalized spacial score (nSPS) is 15.6. The summed E-state index contributed by atoms with van der Waals surface area (Å²) in [6.45, 7) is 0. The van der Waals surface area contributed by atoms with E-state index in [0.717, 1.165) is 0 Å². The lowest BCUT2D eigenvalue weighted by molar-refractivity contribution is 0.426. The fourth-order valence-electron chi connectivity index (χ4n) is 2.49. The van der Waals surface area contributed by atoms with E-state index < -0.39 is 48.8 Å². The highest BCUT2D eigenvalue weighted by molar-refractivity contribution is 6.59. The van der Waals surface area contributed by atoms with Crippen LogP contribution in [-0.2, 0) is 0 Å². The van der Waals surface area contributed by atoms with E-state index in [0.29, 0.717) is 5.69 Å². The largest absolute Gasteiger partial charge is 0.488 e. The van der Waals surface area contributed by atoms with E-state index >= 15 is 0 Å². The molecule has 0 bridgehead atoms. The van der Waals surface area contributed by atoms with Crippen molar-refractivity contribution in [2.45, 2.75) is 0 Å². The van der Waals surface area contributed by atoms with Gasteiger partial charge in [-0.1, -0.05) is 48.4 Å². The first-order valence-corrected chi connectivity index (χ1v) is 6.64. The molecule has 3 nitrogen and oxygen atoms in total. The molecule has 0 aliphatic heterocycles. The highest BCUT2D eigenvalue weighted by Gasteiger charge is 2.16. The molecule has 22 heavy (non-hydrogen) atoms. The third kappa shape index (κ3) is 1.93. The minimum Gasteiger partial charge on any atom is -0.423 e. The number of nitrogens with zero attached hydrogens (tertiary/aromatic N) is 1. The smallest absolute Gasteiger partial charge is 0.423 e. The minimum atomic E-state index is -2.17. The average molecular weight is 294 g/mol. The molecule has 0 atom stereocenters. The Balaban J connectivity index is 2.43. The Morgan fingerprint density at radius 2 is 1.59 bits per heavy atom. The summed E-state index contributed by atoms with van der Waals surface area (Å²) in [5, 5.41) is 19.3. The van der Waals surface area contributed by atoms with Crippen LogP contribution in [0.4, 0.5) is 0 Å². The first-order chi connectivity index (χ1) is 13.7. The molecule has 0 amide bonds. The maximum Gasteiger partial charge on any atom is 0.488 e. The molecule has 0 aliphatic carbocycles. The molecular weight excluding hydrogens is 273 g/mol. The summed E-state index contributed by atoms with van der Waals surface area (Å²) in [4.78, 5) is 0. The summed E-state index contributed by atoms with van der Waals surface area (Å²) in [6, 6.07) is 5.45. The van der Waals surface area contributed by atoms with Crippen LogP contribution in [0.3, 0.4) is 0 Å². The molecule has 1 aromatic heterocycles. The van der Waals surface area contributed by atoms with Gasteiger partial charge in [0.05, 0.1) is 20.6 Å². The molecule has 0 fully saturated rings. The van der Waals surface area contributed by atoms with Gasteiger partial charge in [0, 0.05) is 16.5 Å². The predicted molar refractivity (Wildman–Crippen MR) is 90.6 cm³/mol. The minimum absolute atomic E-state index is 0.00440. The zero-order valence-electron chi connectivity index (χ0n) is 18.3. The van der Waals surface area contributed by atoms with Gasteiger partial charge in [0.15, 0.2) is 0 Å². The van der Waals surface area contributed by atoms with Gasteiger partial charge in [0.1, 0.15) is 0 Å². The summed E-state index contributed by atoms with van der Waals surface area (Å²) in [5.74, 6) is 0. The summed E-state index contributed by atoms with van der Waals surface area (Å²) in [6.07, 6.45) is 0. The lowest BCUT2D eigenvalue weighted by Crippen LogP contribution is -2.29. The molecule has 4 aromatic rings. The van der Waals surface area contributed by atoms with Crippen molar-refractivity contribution in [3.8, 4) is 5.69 Å². The van der Waals surface area contributed by atoms with E-state index in [-0.39, 0.29) is 27.8 Å². The molecule has 0 aliphatic rings. The van der Waals surface area contributed by atoms with Gasteiger partial charge < -0.3 is 14.6 Å². The third-order valence-electron chi connectivity index (χ3n) is 3.45. The summed E-state index contributed by atoms with van der Waals surface area (Å²) in [7, 11) is -2.17. The van der Waals surface area contributed by atoms with Crippen molar-refractivity contribution < 1.29 is 19.6 Å². The van der Waals surface area contributed by atoms with Gasteiger partial charge in [-0.3, -0.25) is 0 Å². The molecule has 2 N–H and O–H groups in total. The van der Waals surface area contributed by atoms with Crippen LogP contribution in [0.1, 0.15) is 9.60 Å². The van der Waals surface area contributed by atoms with Gasteiger partial charge in [0.25, 0.3) is 0 Å². The lowest BCUT2D eigenvalue weighted by atomic mass is 9.80. The predicted octanol–water partition coefficient (Wildman–Crippen LogP) is 2.46. The Labute approximate surface area is 138 Å². The number of hydrogen-bond acceptors (Lipinski definition) is 2. The van der Waals surface area contributed by atoms with Crippen LogP contribution in [0.25, 0.3) is 27.5 Å². The number of hydrogen-bond donors (Lipinski definition) is 2. The van der Waals surface area contributed by atoms with Crippen molar-refractivity contribution in [3.63, 3.8) is 0 Å². The van der Waals surface area contributed by atoms with Crippen LogP contribution < -0.4 is 5.46 Å². The van der Waals surface area contributed by atoms with Crippen LogP contribution >= 0.6 is 0 Å². The number of rotatable bonds is 2. The second-order valence-corrected chi connectivity index (χ2v) is 4.78. The van der Waals surface area contributed by atoms with Crippen LogP contribution in [0, 0.1) is 0 Å². The number of fused-ring (bicyclic) bond motifs is 3. The van der Waals surface area contributed by atoms with Crippen molar-refractivity contribution in [1.82, 2.24) is 4.57 Å². The fraction of sp³-hybridized carbons (Fsp3) is 0. The zero-order valence-corrected chi connectivity index (χ0v) is 11.3. The van der Waals surface area contributed by atoms with Crippen molar-refractivity contribution >= 4 is 34.4 Å². The van der Waals surface area contributed by atoms with E-state index in [4.69, 9.17) is 9.60 Å². The van der Waals surface area contributed by atoms with Gasteiger partial charge in [-0.05, 0) is 29.7 Å². The number of para-hydroxylation sites is 2. The van der Waals surface area contributed by atoms with Crippen LogP contribution in [-0.4, -0.2) is 21.7 Å². The van der Waals surface area contributed by atoms with Gasteiger partial charge in [-0.25, -0.2) is 0 Å². The SMILES string of the molecule is [2H]c1c([2H])c([2H])c2c(c1[2H])c1c([2H])c(B(O)O)c([2H])c([2H])c1n2-c1ccccc1. The quantitative estimate of drug-likeness (QED) is 0.558. The van der Waals surface area contributed by atoms with Crippen LogP contribution in [0.5, 0.6) is 0 Å². The zero-order chi connectivity index (χ0) is 21.2. The van der Waals surface area contributed by atoms with Gasteiger partial charge >= 0.3 is 7.12 Å². The topological polar surface area (TPSA) is 45.4 Å². The van der Waals surface area contributed by atoms with E-state index in [9.17, 15) is 10.0 Å². The summed E-state index contributed by atoms with van der Waals surface area (Å²) < 4.78 is 59.3. The van der Waals surface area contributed by atoms with Crippen molar-refractivity contribution in [2.24, 2.45) is 0 Å². The molecule has 0 radical (unpaired) electrons. The lowest BCUT2D eigenvalue weighted by Gasteiger charge is -2.07. The third-order valence-corrected chi connectivity index (χ3v) is 3.45. The van der Waals surface area contributed by atoms with Gasteiger partial charge in [-0.15, -0.1) is 0 Å². The molecule has 0 unspecified atom stereocenters. The average Bonchev–Trinajstić information content (AvgIpc) is 3.06. The van der Waals surface area contributed by atoms with Crippen LogP contribution in [0.2, 0.25) is 0 Å². The Hall–Kier alpha value is -2.56. The van der Waals surface area contributed by atoms with Gasteiger partial charge in [0.2, 0.25) is 0 Å². The molecular formula is C18H14BNO2. The van der Waals surface area contributed by atoms with E-state index in [1.165, 1.54) is 4.57 Å². The molecule has 3 aromatic carbocycles. The monoisotopic (exact) mass is 294 g/mol. The first-order valence-electron chi connectivity index (χ1n) is 10.1. The standard InChI is InChI=1S/C18H14BNO2/c21-19(22)13-10-11-18-16(12-13)15-8-4-5-9-17(15)20(18)14-6-2-1-3-7-14/h1-12,21-22H/i4D,5D,8D,9D,10D,11D,12D. The maximum atomic E-state index is 9.66. The Morgan fingerprint density at radius 3 is 2.36 bits per heavy atom. The van der Waals surface area contributed by atoms with E-state index in [1.54, 1.807) is 30.3 Å². The molecule has 106 valence electrons. The molecule has 0 saturated heterocycles. The molecule has 1 heterocycles. The summed E-state index contributed by atoms with van der Waals surface area (Å²) >= 11 is 0. The molecule has 0 spiro atoms. The van der Waals surface area contributed by atoms with Crippen molar-refractivity contribution in [1.29, 1.82) is 0 Å². The first kappa shape index (κ1) is 7.63. The van der Waals surface area contributed by atoms with E-state index in [1.807, 2.05) is 0 Å². The Morgan fingerprint density at radius 1 is 0.864 bits per heavy atom. The van der Waals surface area contributed by atoms with E-state index in [2.05, 4.69) is 0 Å². The molecule has 4 heteroatoms. The van der Waals surface area contributed by atoms with Crippen molar-refractivity contribution in [3.05, 3.63) is 72.6 Å². The number of benzene rings is 3. The van der Waals surface area contributed by atoms with Gasteiger partial charge in [-0.2, -0.15) is 0 Å². The molecule has 0 saturated carbocycles. The fourth-order valence-corrected chi connectivity index (χ4v) is 2.49.